The lowest BCUT2D eigenvalue weighted by Crippen LogP contribution is -2.47. The molecule has 3 aliphatic carbocycles. The molecule has 0 radical (unpaired) electrons. The van der Waals surface area contributed by atoms with Crippen LogP contribution in [0.15, 0.2) is 24.3 Å². The number of hydrogen-bond acceptors (Lipinski definition) is 5. The molecule has 1 heterocycles. The zero-order chi connectivity index (χ0) is 21.8. The highest BCUT2D eigenvalue weighted by Crippen LogP contribution is 2.57. The lowest BCUT2D eigenvalue weighted by atomic mass is 9.53. The third-order valence-electron chi connectivity index (χ3n) is 6.80. The average molecular weight is 443 g/mol. The van der Waals surface area contributed by atoms with E-state index in [1.54, 1.807) is 17.7 Å². The van der Waals surface area contributed by atoms with Crippen LogP contribution in [-0.4, -0.2) is 36.0 Å². The molecule has 5 rings (SSSR count). The summed E-state index contributed by atoms with van der Waals surface area (Å²) in [5.41, 5.74) is -1.12. The molecule has 3 aliphatic rings. The van der Waals surface area contributed by atoms with E-state index in [2.05, 4.69) is 10.2 Å². The van der Waals surface area contributed by atoms with Crippen LogP contribution in [0.3, 0.4) is 0 Å². The Labute approximate surface area is 173 Å². The van der Waals surface area contributed by atoms with Crippen LogP contribution in [0.1, 0.15) is 49.9 Å². The molecule has 2 aromatic rings. The Morgan fingerprint density at radius 2 is 1.67 bits per heavy atom. The third-order valence-corrected chi connectivity index (χ3v) is 7.35. The van der Waals surface area contributed by atoms with E-state index in [-0.39, 0.29) is 28.8 Å². The average Bonchev–Trinajstić information content (AvgIpc) is 3.09. The fourth-order valence-electron chi connectivity index (χ4n) is 5.00. The van der Waals surface area contributed by atoms with Gasteiger partial charge in [-0.3, -0.25) is 4.18 Å². The first-order chi connectivity index (χ1) is 13.9. The molecule has 3 saturated carbocycles. The number of hydrogen-bond donors (Lipinski definition) is 0. The number of rotatable bonds is 5. The molecular weight excluding hydrogens is 419 g/mol. The van der Waals surface area contributed by atoms with Crippen molar-refractivity contribution in [3.05, 3.63) is 35.7 Å². The highest BCUT2D eigenvalue weighted by Gasteiger charge is 2.52. The van der Waals surface area contributed by atoms with Crippen molar-refractivity contribution in [2.75, 3.05) is 12.9 Å². The Kier molecular flexibility index (Phi) is 5.00. The predicted octanol–water partition coefficient (Wildman–Crippen LogP) is 4.07. The molecule has 164 valence electrons. The van der Waals surface area contributed by atoms with E-state index in [9.17, 15) is 21.6 Å². The molecule has 1 aromatic carbocycles. The summed E-state index contributed by atoms with van der Waals surface area (Å²) in [5.74, 6) is 0.905. The Bertz CT molecular complexity index is 1040. The smallest absolute Gasteiger partial charge is 0.314 e. The molecule has 2 bridgehead atoms. The van der Waals surface area contributed by atoms with Gasteiger partial charge in [0.15, 0.2) is 5.82 Å². The molecule has 0 aliphatic heterocycles. The van der Waals surface area contributed by atoms with Gasteiger partial charge in [0.05, 0.1) is 18.4 Å². The van der Waals surface area contributed by atoms with E-state index in [0.717, 1.165) is 50.8 Å². The van der Waals surface area contributed by atoms with Crippen LogP contribution in [0.5, 0.6) is 0 Å². The standard InChI is InChI=1S/C20H24F3N3O3S/c1-26-16(14-5-3-4-6-15(14)20(21,22)23)24-25-17(26)19-10-7-18(8-11-19,9-12-19)13-29-30(2,27)28/h3-6H,7-13H2,1-2H3. The van der Waals surface area contributed by atoms with Gasteiger partial charge in [-0.25, -0.2) is 0 Å². The maximum absolute atomic E-state index is 13.5. The molecule has 0 atom stereocenters. The second-order valence-corrected chi connectivity index (χ2v) is 10.3. The second-order valence-electron chi connectivity index (χ2n) is 8.70. The first kappa shape index (κ1) is 21.3. The van der Waals surface area contributed by atoms with Gasteiger partial charge in [0.2, 0.25) is 0 Å². The minimum Gasteiger partial charge on any atom is -0.314 e. The Hall–Kier alpha value is -1.94. The summed E-state index contributed by atoms with van der Waals surface area (Å²) < 4.78 is 69.9. The Morgan fingerprint density at radius 1 is 1.07 bits per heavy atom. The van der Waals surface area contributed by atoms with Gasteiger partial charge in [0.25, 0.3) is 10.1 Å². The molecule has 3 fully saturated rings. The van der Waals surface area contributed by atoms with Crippen LogP contribution in [0.4, 0.5) is 13.2 Å². The molecule has 1 aromatic heterocycles. The quantitative estimate of drug-likeness (QED) is 0.652. The maximum atomic E-state index is 13.5. The number of nitrogens with zero attached hydrogens (tertiary/aromatic N) is 3. The molecule has 6 nitrogen and oxygen atoms in total. The fourth-order valence-corrected chi connectivity index (χ4v) is 5.46. The first-order valence-corrected chi connectivity index (χ1v) is 11.7. The number of fused-ring (bicyclic) bond motifs is 3. The molecule has 0 saturated heterocycles. The van der Waals surface area contributed by atoms with Gasteiger partial charge in [0.1, 0.15) is 5.82 Å². The number of halogens is 3. The highest BCUT2D eigenvalue weighted by atomic mass is 32.2. The van der Waals surface area contributed by atoms with Crippen LogP contribution < -0.4 is 0 Å². The zero-order valence-electron chi connectivity index (χ0n) is 16.9. The molecule has 0 unspecified atom stereocenters. The molecule has 0 spiro atoms. The fraction of sp³-hybridized carbons (Fsp3) is 0.600. The van der Waals surface area contributed by atoms with Crippen molar-refractivity contribution in [1.29, 1.82) is 0 Å². The molecule has 30 heavy (non-hydrogen) atoms. The summed E-state index contributed by atoms with van der Waals surface area (Å²) in [6.45, 7) is 0.185. The van der Waals surface area contributed by atoms with Gasteiger partial charge in [-0.2, -0.15) is 21.6 Å². The maximum Gasteiger partial charge on any atom is 0.417 e. The highest BCUT2D eigenvalue weighted by molar-refractivity contribution is 7.85. The second kappa shape index (κ2) is 7.05. The summed E-state index contributed by atoms with van der Waals surface area (Å²) in [5, 5.41) is 8.47. The zero-order valence-corrected chi connectivity index (χ0v) is 17.7. The lowest BCUT2D eigenvalue weighted by molar-refractivity contribution is -0.137. The SMILES string of the molecule is Cn1c(-c2ccccc2C(F)(F)F)nnc1C12CCC(COS(C)(=O)=O)(CC1)CC2. The van der Waals surface area contributed by atoms with Crippen LogP contribution >= 0.6 is 0 Å². The van der Waals surface area contributed by atoms with Crippen molar-refractivity contribution in [3.63, 3.8) is 0 Å². The van der Waals surface area contributed by atoms with Gasteiger partial charge >= 0.3 is 6.18 Å². The minimum absolute atomic E-state index is 0.0187. The van der Waals surface area contributed by atoms with E-state index in [4.69, 9.17) is 4.18 Å². The minimum atomic E-state index is -4.48. The first-order valence-electron chi connectivity index (χ1n) is 9.86. The van der Waals surface area contributed by atoms with Crippen molar-refractivity contribution in [2.45, 2.75) is 50.1 Å². The summed E-state index contributed by atoms with van der Waals surface area (Å²) in [6, 6.07) is 5.40. The topological polar surface area (TPSA) is 74.1 Å². The van der Waals surface area contributed by atoms with Crippen LogP contribution in [0.2, 0.25) is 0 Å². The normalized spacial score (nSPS) is 26.8. The van der Waals surface area contributed by atoms with E-state index in [1.807, 2.05) is 0 Å². The number of aromatic nitrogens is 3. The number of alkyl halides is 3. The van der Waals surface area contributed by atoms with Crippen LogP contribution in [0, 0.1) is 5.41 Å². The van der Waals surface area contributed by atoms with E-state index in [0.29, 0.717) is 5.82 Å². The summed E-state index contributed by atoms with van der Waals surface area (Å²) >= 11 is 0. The largest absolute Gasteiger partial charge is 0.417 e. The van der Waals surface area contributed by atoms with Crippen molar-refractivity contribution in [3.8, 4) is 11.4 Å². The van der Waals surface area contributed by atoms with Crippen molar-refractivity contribution < 1.29 is 25.8 Å². The number of benzene rings is 1. The van der Waals surface area contributed by atoms with Crippen LogP contribution in [0.25, 0.3) is 11.4 Å². The predicted molar refractivity (Wildman–Crippen MR) is 104 cm³/mol. The van der Waals surface area contributed by atoms with E-state index in [1.165, 1.54) is 12.1 Å². The summed E-state index contributed by atoms with van der Waals surface area (Å²) in [6.07, 6.45) is 1.32. The summed E-state index contributed by atoms with van der Waals surface area (Å²) in [4.78, 5) is 0. The summed E-state index contributed by atoms with van der Waals surface area (Å²) in [7, 11) is -1.77. The Balaban J connectivity index is 1.61. The van der Waals surface area contributed by atoms with Gasteiger partial charge in [-0.05, 0) is 50.0 Å². The van der Waals surface area contributed by atoms with Gasteiger partial charge < -0.3 is 4.57 Å². The van der Waals surface area contributed by atoms with Crippen molar-refractivity contribution >= 4 is 10.1 Å². The van der Waals surface area contributed by atoms with E-state index < -0.39 is 21.9 Å². The van der Waals surface area contributed by atoms with Crippen molar-refractivity contribution in [1.82, 2.24) is 14.8 Å². The molecule has 0 N–H and O–H groups in total. The third kappa shape index (κ3) is 3.75. The lowest BCUT2D eigenvalue weighted by Gasteiger charge is -2.52. The molecular formula is C20H24F3N3O3S. The molecule has 10 heteroatoms. The Morgan fingerprint density at radius 3 is 2.23 bits per heavy atom. The van der Waals surface area contributed by atoms with Gasteiger partial charge in [-0.1, -0.05) is 18.2 Å². The van der Waals surface area contributed by atoms with Crippen molar-refractivity contribution in [2.24, 2.45) is 12.5 Å². The van der Waals surface area contributed by atoms with Crippen LogP contribution in [-0.2, 0) is 32.9 Å². The van der Waals surface area contributed by atoms with Gasteiger partial charge in [-0.15, -0.1) is 10.2 Å². The monoisotopic (exact) mass is 443 g/mol. The molecule has 0 amide bonds. The van der Waals surface area contributed by atoms with E-state index >= 15 is 0 Å². The van der Waals surface area contributed by atoms with Gasteiger partial charge in [0, 0.05) is 18.0 Å².